The fraction of sp³-hybridized carbons (Fsp3) is 0.552. The van der Waals surface area contributed by atoms with E-state index in [4.69, 9.17) is 22.9 Å². The number of hydrogen-bond donors (Lipinski definition) is 15. The summed E-state index contributed by atoms with van der Waals surface area (Å²) >= 11 is 0. The number of guanidine groups is 1. The Hall–Kier alpha value is -8.70. The first-order valence-electron chi connectivity index (χ1n) is 29.5. The third-order valence-corrected chi connectivity index (χ3v) is 15.0. The van der Waals surface area contributed by atoms with Crippen molar-refractivity contribution in [2.75, 3.05) is 39.3 Å². The smallest absolute Gasteiger partial charge is 0.317 e. The average molecular weight is 1220 g/mol. The molecule has 9 atom stereocenters. The molecule has 2 fully saturated rings. The first kappa shape index (κ1) is 69.1. The molecule has 5 rings (SSSR count). The number of amides is 9. The number of carboxylic acid groups (broad SMARTS) is 2. The Kier molecular flexibility index (Phi) is 27.8. The van der Waals surface area contributed by atoms with E-state index in [9.17, 15) is 68.1 Å². The van der Waals surface area contributed by atoms with Gasteiger partial charge in [-0.25, -0.2) is 0 Å². The number of fused-ring (bicyclic) bond motifs is 2. The maximum absolute atomic E-state index is 14.9. The van der Waals surface area contributed by atoms with E-state index in [2.05, 4.69) is 47.2 Å². The van der Waals surface area contributed by atoms with E-state index in [1.165, 1.54) is 4.90 Å². The number of carboxylic acids is 2. The van der Waals surface area contributed by atoms with Gasteiger partial charge in [0.15, 0.2) is 5.96 Å². The summed E-state index contributed by atoms with van der Waals surface area (Å²) in [5, 5.41) is 49.3. The predicted molar refractivity (Wildman–Crippen MR) is 318 cm³/mol. The minimum atomic E-state index is -1.54. The van der Waals surface area contributed by atoms with Crippen LogP contribution in [0.5, 0.6) is 0 Å². The van der Waals surface area contributed by atoms with Crippen molar-refractivity contribution in [1.29, 1.82) is 0 Å². The Bertz CT molecular complexity index is 2870. The topological polar surface area (TPSA) is 471 Å². The van der Waals surface area contributed by atoms with Crippen LogP contribution in [0.2, 0.25) is 0 Å². The first-order valence-corrected chi connectivity index (χ1v) is 29.5. The van der Waals surface area contributed by atoms with Crippen molar-refractivity contribution in [2.24, 2.45) is 27.9 Å². The second-order valence-electron chi connectivity index (χ2n) is 22.0. The number of carbonyl (C=O) groups is 11. The molecule has 0 aliphatic carbocycles. The summed E-state index contributed by atoms with van der Waals surface area (Å²) in [6.45, 7) is 0.631. The van der Waals surface area contributed by atoms with Crippen molar-refractivity contribution in [2.45, 2.75) is 164 Å². The minimum absolute atomic E-state index is 0.0245. The Morgan fingerprint density at radius 3 is 2.10 bits per heavy atom. The molecule has 0 saturated carbocycles. The van der Waals surface area contributed by atoms with E-state index in [0.29, 0.717) is 36.8 Å². The van der Waals surface area contributed by atoms with Gasteiger partial charge in [0.25, 0.3) is 0 Å². The van der Waals surface area contributed by atoms with E-state index < -0.39 is 139 Å². The maximum atomic E-state index is 14.9. The highest BCUT2D eigenvalue weighted by Crippen LogP contribution is 2.23. The summed E-state index contributed by atoms with van der Waals surface area (Å²) < 4.78 is 0. The molecule has 29 nitrogen and oxygen atoms in total. The summed E-state index contributed by atoms with van der Waals surface area (Å²) in [6, 6.07) is 5.02. The molecule has 29 heteroatoms. The number of benzene rings is 2. The van der Waals surface area contributed by atoms with Crippen molar-refractivity contribution < 1.29 is 68.1 Å². The van der Waals surface area contributed by atoms with Gasteiger partial charge in [0, 0.05) is 62.4 Å². The highest BCUT2D eigenvalue weighted by molar-refractivity contribution is 5.99. The molecule has 2 aliphatic heterocycles. The van der Waals surface area contributed by atoms with Crippen molar-refractivity contribution in [3.05, 3.63) is 71.9 Å². The van der Waals surface area contributed by atoms with Gasteiger partial charge in [-0.1, -0.05) is 74.7 Å². The van der Waals surface area contributed by atoms with Crippen LogP contribution in [0.3, 0.4) is 0 Å². The lowest BCUT2D eigenvalue weighted by Crippen LogP contribution is -2.60. The molecule has 9 amide bonds. The first-order chi connectivity index (χ1) is 41.5. The molecule has 476 valence electrons. The molecule has 1 aromatic heterocycles. The van der Waals surface area contributed by atoms with Crippen molar-refractivity contribution in [3.63, 3.8) is 0 Å². The number of nitrogens with zero attached hydrogens (tertiary/aromatic N) is 3. The Labute approximate surface area is 503 Å². The number of aliphatic carboxylic acids is 2. The molecular weight excluding hydrogens is 1130 g/mol. The quantitative estimate of drug-likeness (QED) is 0.0239. The number of H-pyrrole nitrogens is 1. The van der Waals surface area contributed by atoms with E-state index in [-0.39, 0.29) is 103 Å². The molecule has 2 aromatic carbocycles. The summed E-state index contributed by atoms with van der Waals surface area (Å²) in [6.07, 6.45) is 1.57. The van der Waals surface area contributed by atoms with Crippen LogP contribution in [-0.4, -0.2) is 195 Å². The number of aliphatic imine (C=N–C) groups is 1. The standard InChI is InChI=1S/C58H85N15O14/c1-2-3-18-41(67-51(81)38(59)17-10-12-26-72(32-48(76)77)33-49(78)79)52(82)69-43-22-23-47(75)63-24-11-9-20-40(50(60)80)66-55(85)45(28-35-30-65-39-19-8-7-16-37(35)39)70-53(83)42(21-13-25-64-58(61)62)68-54(84)44(27-34-14-5-4-6-15-34)71-56(86)46-29-36(74)31-73(46)57(43)87/h4-8,14-16,19,30,36,38,40-46,65,74H,2-3,9-13,17-18,20-29,31-33,59H2,1H3,(H2,60,80)(H,63,75)(H,66,85)(H,67,81)(H,68,84)(H,69,82)(H,70,83)(H,71,86)(H,76,77)(H,78,79)(H4,61,62,64)/t36-,38?,40?,41?,42?,43?,44-,45?,46?/m1/s1. The third kappa shape index (κ3) is 22.9. The number of aliphatic hydroxyl groups is 1. The van der Waals surface area contributed by atoms with Crippen LogP contribution in [0.15, 0.2) is 65.8 Å². The molecule has 19 N–H and O–H groups in total. The second kappa shape index (κ2) is 35.1. The van der Waals surface area contributed by atoms with Gasteiger partial charge in [0.1, 0.15) is 42.3 Å². The number of primary amides is 1. The fourth-order valence-corrected chi connectivity index (χ4v) is 10.4. The predicted octanol–water partition coefficient (Wildman–Crippen LogP) is -2.40. The molecule has 3 heterocycles. The van der Waals surface area contributed by atoms with Crippen LogP contribution in [0.4, 0.5) is 0 Å². The van der Waals surface area contributed by atoms with Crippen LogP contribution < -0.4 is 60.2 Å². The zero-order valence-corrected chi connectivity index (χ0v) is 49.0. The van der Waals surface area contributed by atoms with Crippen LogP contribution in [0.1, 0.15) is 108 Å². The van der Waals surface area contributed by atoms with Crippen molar-refractivity contribution >= 4 is 82.0 Å². The fourth-order valence-electron chi connectivity index (χ4n) is 10.4. The number of para-hydroxylation sites is 1. The normalized spacial score (nSPS) is 22.0. The summed E-state index contributed by atoms with van der Waals surface area (Å²) in [5.74, 6) is -9.84. The maximum Gasteiger partial charge on any atom is 0.317 e. The summed E-state index contributed by atoms with van der Waals surface area (Å²) in [7, 11) is 0. The molecule has 2 aliphatic rings. The number of unbranched alkanes of at least 4 members (excludes halogenated alkanes) is 2. The van der Waals surface area contributed by atoms with Crippen LogP contribution >= 0.6 is 0 Å². The molecule has 0 bridgehead atoms. The van der Waals surface area contributed by atoms with Gasteiger partial charge in [0.2, 0.25) is 53.2 Å². The van der Waals surface area contributed by atoms with E-state index in [0.717, 1.165) is 15.8 Å². The zero-order chi connectivity index (χ0) is 63.6. The van der Waals surface area contributed by atoms with Crippen LogP contribution in [-0.2, 0) is 65.6 Å². The third-order valence-electron chi connectivity index (χ3n) is 15.0. The van der Waals surface area contributed by atoms with Gasteiger partial charge < -0.3 is 85.4 Å². The number of nitrogens with two attached hydrogens (primary N) is 4. The average Bonchev–Trinajstić information content (AvgIpc) is 4.10. The van der Waals surface area contributed by atoms with E-state index in [1.807, 2.05) is 25.1 Å². The van der Waals surface area contributed by atoms with Gasteiger partial charge in [-0.05, 0) is 81.5 Å². The van der Waals surface area contributed by atoms with Crippen molar-refractivity contribution in [1.82, 2.24) is 52.0 Å². The molecule has 0 radical (unpaired) electrons. The number of aromatic nitrogens is 1. The number of hydrogen-bond acceptors (Lipinski definition) is 15. The molecule has 2 saturated heterocycles. The SMILES string of the molecule is CCCCC(NC(=O)C(N)CCCCN(CC(=O)O)CC(=O)O)C(=O)NC1CCC(=O)NCCCCC(C(N)=O)NC(=O)C(Cc2c[nH]c3ccccc23)NC(=O)C(CCCN=C(N)N)NC(=O)[C@@H](Cc2ccccc2)NC(=O)C2C[C@@H](O)CN2C1=O. The second-order valence-corrected chi connectivity index (χ2v) is 22.0. The van der Waals surface area contributed by atoms with Gasteiger partial charge in [-0.3, -0.25) is 62.6 Å². The number of aromatic amines is 1. The van der Waals surface area contributed by atoms with Crippen LogP contribution in [0, 0.1) is 0 Å². The van der Waals surface area contributed by atoms with Crippen LogP contribution in [0.25, 0.3) is 10.9 Å². The molecule has 87 heavy (non-hydrogen) atoms. The van der Waals surface area contributed by atoms with E-state index in [1.54, 1.807) is 42.6 Å². The summed E-state index contributed by atoms with van der Waals surface area (Å²) in [4.78, 5) is 160. The van der Waals surface area contributed by atoms with E-state index >= 15 is 0 Å². The number of nitrogens with one attached hydrogen (secondary N) is 8. The molecule has 3 aromatic rings. The lowest BCUT2D eigenvalue weighted by atomic mass is 10.0. The number of aliphatic hydroxyl groups excluding tert-OH is 1. The van der Waals surface area contributed by atoms with Gasteiger partial charge in [-0.2, -0.15) is 0 Å². The summed E-state index contributed by atoms with van der Waals surface area (Å²) in [5.41, 5.74) is 25.2. The van der Waals surface area contributed by atoms with Gasteiger partial charge in [0.05, 0.1) is 25.2 Å². The number of carbonyl (C=O) groups excluding carboxylic acids is 9. The van der Waals surface area contributed by atoms with Gasteiger partial charge in [-0.15, -0.1) is 0 Å². The largest absolute Gasteiger partial charge is 0.480 e. The highest BCUT2D eigenvalue weighted by atomic mass is 16.4. The Morgan fingerprint density at radius 2 is 1.41 bits per heavy atom. The van der Waals surface area contributed by atoms with Crippen molar-refractivity contribution in [3.8, 4) is 0 Å². The molecule has 7 unspecified atom stereocenters. The molecule has 0 spiro atoms. The zero-order valence-electron chi connectivity index (χ0n) is 49.0. The Balaban J connectivity index is 1.46. The van der Waals surface area contributed by atoms with Gasteiger partial charge >= 0.3 is 11.9 Å². The number of rotatable bonds is 25. The monoisotopic (exact) mass is 1220 g/mol. The molecular formula is C58H85N15O14. The lowest BCUT2D eigenvalue weighted by Gasteiger charge is -2.31. The lowest BCUT2D eigenvalue weighted by molar-refractivity contribution is -0.143. The Morgan fingerprint density at radius 1 is 0.759 bits per heavy atom. The highest BCUT2D eigenvalue weighted by Gasteiger charge is 2.43. The minimum Gasteiger partial charge on any atom is -0.480 e.